The van der Waals surface area contributed by atoms with Crippen LogP contribution >= 0.6 is 23.1 Å². The second kappa shape index (κ2) is 8.61. The molecule has 0 amide bonds. The standard InChI is InChI=1S/C25H21N5S2/c1-16(31-23-19-10-6-4-8-17(19)12-14-21(23)26-2)27-29-28-25-30(3)22-15-13-18-9-5-7-11-20(18)24(22)32-25/h4-15,26H,1H2,2-3H3. The van der Waals surface area contributed by atoms with E-state index in [0.717, 1.165) is 26.3 Å². The van der Waals surface area contributed by atoms with E-state index in [1.54, 1.807) is 11.3 Å². The molecular formula is C25H21N5S2. The van der Waals surface area contributed by atoms with Crippen LogP contribution in [0.3, 0.4) is 0 Å². The molecular weight excluding hydrogens is 434 g/mol. The average molecular weight is 456 g/mol. The fraction of sp³-hybridized carbons (Fsp3) is 0.0800. The molecule has 1 N–H and O–H groups in total. The molecule has 0 fully saturated rings. The van der Waals surface area contributed by atoms with Gasteiger partial charge in [-0.2, -0.15) is 0 Å². The van der Waals surface area contributed by atoms with Crippen molar-refractivity contribution in [2.24, 2.45) is 22.5 Å². The highest BCUT2D eigenvalue weighted by molar-refractivity contribution is 8.03. The van der Waals surface area contributed by atoms with Crippen LogP contribution in [0.15, 0.2) is 105 Å². The first-order chi connectivity index (χ1) is 15.7. The van der Waals surface area contributed by atoms with Crippen molar-refractivity contribution in [3.63, 3.8) is 0 Å². The van der Waals surface area contributed by atoms with Gasteiger partial charge in [0.25, 0.3) is 0 Å². The summed E-state index contributed by atoms with van der Waals surface area (Å²) in [4.78, 5) is 1.87. The maximum Gasteiger partial charge on any atom is 0.213 e. The summed E-state index contributed by atoms with van der Waals surface area (Å²) in [5, 5.41) is 21.4. The van der Waals surface area contributed by atoms with Crippen LogP contribution in [0.5, 0.6) is 0 Å². The minimum atomic E-state index is 0.579. The molecule has 4 aromatic carbocycles. The van der Waals surface area contributed by atoms with Crippen molar-refractivity contribution in [2.75, 3.05) is 12.4 Å². The summed E-state index contributed by atoms with van der Waals surface area (Å²) in [7, 11) is 3.92. The summed E-state index contributed by atoms with van der Waals surface area (Å²) >= 11 is 3.10. The van der Waals surface area contributed by atoms with Gasteiger partial charge in [0.15, 0.2) is 0 Å². The largest absolute Gasteiger partial charge is 0.387 e. The van der Waals surface area contributed by atoms with Crippen LogP contribution in [-0.4, -0.2) is 11.6 Å². The van der Waals surface area contributed by atoms with Crippen LogP contribution in [0.1, 0.15) is 0 Å². The van der Waals surface area contributed by atoms with Gasteiger partial charge in [0.2, 0.25) is 4.80 Å². The third-order valence-corrected chi connectivity index (χ3v) is 7.49. The number of rotatable bonds is 5. The van der Waals surface area contributed by atoms with Crippen molar-refractivity contribution >= 4 is 60.5 Å². The Hall–Kier alpha value is -3.42. The summed E-state index contributed by atoms with van der Waals surface area (Å²) in [6.07, 6.45) is 0. The lowest BCUT2D eigenvalue weighted by atomic mass is 10.1. The van der Waals surface area contributed by atoms with Gasteiger partial charge in [-0.15, -0.1) is 10.2 Å². The molecule has 1 aromatic heterocycles. The van der Waals surface area contributed by atoms with Crippen LogP contribution < -0.4 is 10.1 Å². The van der Waals surface area contributed by atoms with Gasteiger partial charge in [-0.3, -0.25) is 0 Å². The summed E-state index contributed by atoms with van der Waals surface area (Å²) in [5.74, 6) is 0. The summed E-state index contributed by atoms with van der Waals surface area (Å²) in [5.41, 5.74) is 2.16. The molecule has 0 saturated heterocycles. The van der Waals surface area contributed by atoms with Gasteiger partial charge in [0.1, 0.15) is 5.03 Å². The number of thioether (sulfide) groups is 1. The van der Waals surface area contributed by atoms with Crippen molar-refractivity contribution in [3.8, 4) is 0 Å². The van der Waals surface area contributed by atoms with Crippen LogP contribution in [0.4, 0.5) is 5.69 Å². The molecule has 0 unspecified atom stereocenters. The molecule has 5 nitrogen and oxygen atoms in total. The number of hydrogen-bond acceptors (Lipinski definition) is 5. The summed E-state index contributed by atoms with van der Waals surface area (Å²) in [6.45, 7) is 4.08. The molecule has 0 spiro atoms. The van der Waals surface area contributed by atoms with Crippen molar-refractivity contribution < 1.29 is 0 Å². The predicted molar refractivity (Wildman–Crippen MR) is 137 cm³/mol. The van der Waals surface area contributed by atoms with Gasteiger partial charge in [-0.05, 0) is 33.5 Å². The van der Waals surface area contributed by atoms with Crippen molar-refractivity contribution in [3.05, 3.63) is 89.2 Å². The predicted octanol–water partition coefficient (Wildman–Crippen LogP) is 7.12. The van der Waals surface area contributed by atoms with E-state index in [1.807, 2.05) is 30.8 Å². The Bertz CT molecular complexity index is 1580. The number of aromatic nitrogens is 1. The molecule has 1 heterocycles. The summed E-state index contributed by atoms with van der Waals surface area (Å²) in [6, 6.07) is 25.1. The van der Waals surface area contributed by atoms with Crippen LogP contribution in [0.25, 0.3) is 31.8 Å². The van der Waals surface area contributed by atoms with E-state index < -0.39 is 0 Å². The number of benzene rings is 4. The molecule has 0 atom stereocenters. The number of aryl methyl sites for hydroxylation is 1. The fourth-order valence-electron chi connectivity index (χ4n) is 3.75. The van der Waals surface area contributed by atoms with Crippen LogP contribution in [0, 0.1) is 0 Å². The Morgan fingerprint density at radius 1 is 0.938 bits per heavy atom. The highest BCUT2D eigenvalue weighted by Gasteiger charge is 2.09. The fourth-order valence-corrected chi connectivity index (χ4v) is 5.74. The molecule has 0 aliphatic heterocycles. The first-order valence-electron chi connectivity index (χ1n) is 10.1. The lowest BCUT2D eigenvalue weighted by molar-refractivity contribution is 0.866. The summed E-state index contributed by atoms with van der Waals surface area (Å²) < 4.78 is 3.24. The van der Waals surface area contributed by atoms with Crippen LogP contribution in [-0.2, 0) is 7.05 Å². The minimum Gasteiger partial charge on any atom is -0.387 e. The van der Waals surface area contributed by atoms with Crippen molar-refractivity contribution in [1.29, 1.82) is 0 Å². The molecule has 0 bridgehead atoms. The Balaban J connectivity index is 1.46. The van der Waals surface area contributed by atoms with E-state index >= 15 is 0 Å². The SMILES string of the molecule is C=C(N=NN=c1sc2c3ccccc3ccc2n1C)Sc1c(NC)ccc2ccccc12. The van der Waals surface area contributed by atoms with Gasteiger partial charge >= 0.3 is 0 Å². The third-order valence-electron chi connectivity index (χ3n) is 5.36. The molecule has 158 valence electrons. The normalized spacial score (nSPS) is 12.4. The zero-order valence-electron chi connectivity index (χ0n) is 17.7. The second-order valence-corrected chi connectivity index (χ2v) is 9.34. The van der Waals surface area contributed by atoms with E-state index in [1.165, 1.54) is 32.6 Å². The van der Waals surface area contributed by atoms with E-state index in [2.05, 4.69) is 88.0 Å². The Morgan fingerprint density at radius 3 is 2.41 bits per heavy atom. The second-order valence-electron chi connectivity index (χ2n) is 7.28. The molecule has 0 aliphatic rings. The van der Waals surface area contributed by atoms with Gasteiger partial charge in [0, 0.05) is 30.1 Å². The van der Waals surface area contributed by atoms with Gasteiger partial charge in [-0.1, -0.05) is 90.3 Å². The van der Waals surface area contributed by atoms with Gasteiger partial charge in [0.05, 0.1) is 10.2 Å². The quantitative estimate of drug-likeness (QED) is 0.174. The van der Waals surface area contributed by atoms with Crippen molar-refractivity contribution in [2.45, 2.75) is 4.90 Å². The number of hydrogen-bond donors (Lipinski definition) is 1. The maximum absolute atomic E-state index is 4.39. The van der Waals surface area contributed by atoms with Gasteiger partial charge in [-0.25, -0.2) is 0 Å². The first kappa shape index (κ1) is 20.5. The molecule has 0 aliphatic carbocycles. The highest BCUT2D eigenvalue weighted by atomic mass is 32.2. The molecule has 7 heteroatoms. The number of nitrogens with one attached hydrogen (secondary N) is 1. The first-order valence-corrected chi connectivity index (χ1v) is 11.8. The zero-order valence-corrected chi connectivity index (χ0v) is 19.4. The molecule has 0 radical (unpaired) electrons. The Morgan fingerprint density at radius 2 is 1.62 bits per heavy atom. The monoisotopic (exact) mass is 455 g/mol. The molecule has 5 aromatic rings. The number of anilines is 1. The number of nitrogens with zero attached hydrogens (tertiary/aromatic N) is 4. The van der Waals surface area contributed by atoms with E-state index in [9.17, 15) is 0 Å². The molecule has 32 heavy (non-hydrogen) atoms. The lowest BCUT2D eigenvalue weighted by Gasteiger charge is -2.11. The Labute approximate surface area is 193 Å². The smallest absolute Gasteiger partial charge is 0.213 e. The minimum absolute atomic E-state index is 0.579. The molecule has 5 rings (SSSR count). The van der Waals surface area contributed by atoms with Crippen molar-refractivity contribution in [1.82, 2.24) is 4.57 Å². The van der Waals surface area contributed by atoms with Gasteiger partial charge < -0.3 is 9.88 Å². The maximum atomic E-state index is 4.39. The van der Waals surface area contributed by atoms with E-state index in [4.69, 9.17) is 0 Å². The Kier molecular flexibility index (Phi) is 5.51. The van der Waals surface area contributed by atoms with E-state index in [0.29, 0.717) is 5.03 Å². The number of fused-ring (bicyclic) bond motifs is 4. The lowest BCUT2D eigenvalue weighted by Crippen LogP contribution is -2.08. The van der Waals surface area contributed by atoms with Crippen LogP contribution in [0.2, 0.25) is 0 Å². The zero-order chi connectivity index (χ0) is 22.1. The average Bonchev–Trinajstić information content (AvgIpc) is 3.15. The van der Waals surface area contributed by atoms with E-state index in [-0.39, 0.29) is 0 Å². The number of thiazole rings is 1. The third kappa shape index (κ3) is 3.70. The molecule has 0 saturated carbocycles. The topological polar surface area (TPSA) is 54.0 Å². The highest BCUT2D eigenvalue weighted by Crippen LogP contribution is 2.38.